The molecule has 7 heteroatoms. The van der Waals surface area contributed by atoms with Gasteiger partial charge in [0, 0.05) is 17.7 Å². The first-order chi connectivity index (χ1) is 16.0. The van der Waals surface area contributed by atoms with E-state index in [1.807, 2.05) is 42.5 Å². The second-order valence-corrected chi connectivity index (χ2v) is 7.42. The Morgan fingerprint density at radius 2 is 1.48 bits per heavy atom. The van der Waals surface area contributed by atoms with E-state index >= 15 is 0 Å². The first kappa shape index (κ1) is 20.1. The van der Waals surface area contributed by atoms with Gasteiger partial charge in [-0.05, 0) is 40.6 Å². The molecule has 1 heterocycles. The Morgan fingerprint density at radius 3 is 2.24 bits per heavy atom. The summed E-state index contributed by atoms with van der Waals surface area (Å²) >= 11 is 0. The third-order valence-electron chi connectivity index (χ3n) is 5.42. The molecule has 0 aliphatic heterocycles. The smallest absolute Gasteiger partial charge is 0.269 e. The predicted octanol–water partition coefficient (Wildman–Crippen LogP) is 5.77. The third kappa shape index (κ3) is 3.61. The summed E-state index contributed by atoms with van der Waals surface area (Å²) in [5.74, 6) is -0.539. The molecule has 4 aromatic carbocycles. The highest BCUT2D eigenvalue weighted by Crippen LogP contribution is 2.34. The highest BCUT2D eigenvalue weighted by molar-refractivity contribution is 6.08. The van der Waals surface area contributed by atoms with Crippen LogP contribution in [0.25, 0.3) is 32.9 Å². The number of non-ortho nitro benzene ring substituents is 1. The van der Waals surface area contributed by atoms with Gasteiger partial charge in [-0.15, -0.1) is 0 Å². The average Bonchev–Trinajstić information content (AvgIpc) is 2.84. The highest BCUT2D eigenvalue weighted by atomic mass is 16.6. The predicted molar refractivity (Wildman–Crippen MR) is 126 cm³/mol. The maximum atomic E-state index is 13.5. The van der Waals surface area contributed by atoms with Crippen LogP contribution in [0, 0.1) is 10.1 Å². The van der Waals surface area contributed by atoms with E-state index in [4.69, 9.17) is 4.42 Å². The van der Waals surface area contributed by atoms with Crippen molar-refractivity contribution in [1.82, 2.24) is 0 Å². The molecule has 0 atom stereocenters. The summed E-state index contributed by atoms with van der Waals surface area (Å²) in [6.45, 7) is 0. The van der Waals surface area contributed by atoms with E-state index in [0.717, 1.165) is 10.8 Å². The number of para-hydroxylation sites is 1. The molecule has 0 aliphatic carbocycles. The molecule has 1 amide bonds. The number of rotatable bonds is 4. The SMILES string of the molecule is O=C(Nc1oc2ccccc2c(=O)c1-c1cccc2ccccc12)c1ccc([N+](=O)[O-])cc1. The number of hydrogen-bond acceptors (Lipinski definition) is 5. The lowest BCUT2D eigenvalue weighted by Crippen LogP contribution is -2.16. The van der Waals surface area contributed by atoms with E-state index < -0.39 is 10.8 Å². The number of benzene rings is 4. The second kappa shape index (κ2) is 8.05. The van der Waals surface area contributed by atoms with Crippen molar-refractivity contribution in [3.8, 4) is 11.1 Å². The molecule has 0 saturated heterocycles. The number of fused-ring (bicyclic) bond motifs is 2. The standard InChI is InChI=1S/C26H16N2O5/c29-24-21-9-3-4-11-22(21)33-26(27-25(30)17-12-14-18(15-13-17)28(31)32)23(24)20-10-5-7-16-6-1-2-8-19(16)20/h1-15H,(H,27,30). The lowest BCUT2D eigenvalue weighted by molar-refractivity contribution is -0.384. The van der Waals surface area contributed by atoms with Crippen LogP contribution < -0.4 is 10.7 Å². The molecule has 0 aliphatic rings. The normalized spacial score (nSPS) is 10.9. The molecule has 33 heavy (non-hydrogen) atoms. The molecule has 0 fully saturated rings. The number of nitro benzene ring substituents is 1. The first-order valence-corrected chi connectivity index (χ1v) is 10.1. The van der Waals surface area contributed by atoms with E-state index in [9.17, 15) is 19.7 Å². The zero-order valence-corrected chi connectivity index (χ0v) is 17.1. The molecule has 160 valence electrons. The Hall–Kier alpha value is -4.78. The van der Waals surface area contributed by atoms with Gasteiger partial charge in [-0.2, -0.15) is 0 Å². The molecule has 0 saturated carbocycles. The first-order valence-electron chi connectivity index (χ1n) is 10.1. The average molecular weight is 436 g/mol. The lowest BCUT2D eigenvalue weighted by Gasteiger charge is -2.13. The highest BCUT2D eigenvalue weighted by Gasteiger charge is 2.20. The maximum absolute atomic E-state index is 13.5. The van der Waals surface area contributed by atoms with Crippen LogP contribution in [-0.4, -0.2) is 10.8 Å². The van der Waals surface area contributed by atoms with Gasteiger partial charge in [-0.25, -0.2) is 0 Å². The van der Waals surface area contributed by atoms with Crippen LogP contribution >= 0.6 is 0 Å². The number of carbonyl (C=O) groups is 1. The number of carbonyl (C=O) groups excluding carboxylic acids is 1. The van der Waals surface area contributed by atoms with Gasteiger partial charge >= 0.3 is 0 Å². The molecule has 1 aromatic heterocycles. The summed E-state index contributed by atoms with van der Waals surface area (Å²) in [4.78, 5) is 36.9. The Kier molecular flexibility index (Phi) is 4.91. The fourth-order valence-corrected chi connectivity index (χ4v) is 3.83. The van der Waals surface area contributed by atoms with Crippen molar-refractivity contribution in [3.05, 3.63) is 117 Å². The van der Waals surface area contributed by atoms with Crippen molar-refractivity contribution < 1.29 is 14.1 Å². The topological polar surface area (TPSA) is 102 Å². The Morgan fingerprint density at radius 1 is 0.818 bits per heavy atom. The van der Waals surface area contributed by atoms with E-state index in [0.29, 0.717) is 16.5 Å². The van der Waals surface area contributed by atoms with Gasteiger partial charge in [0.15, 0.2) is 0 Å². The Balaban J connectivity index is 1.69. The molecule has 1 N–H and O–H groups in total. The molecular weight excluding hydrogens is 420 g/mol. The zero-order chi connectivity index (χ0) is 22.9. The molecular formula is C26H16N2O5. The van der Waals surface area contributed by atoms with Crippen molar-refractivity contribution in [2.24, 2.45) is 0 Å². The van der Waals surface area contributed by atoms with Crippen LogP contribution in [-0.2, 0) is 0 Å². The summed E-state index contributed by atoms with van der Waals surface area (Å²) < 4.78 is 5.99. The van der Waals surface area contributed by atoms with Gasteiger partial charge < -0.3 is 4.42 Å². The largest absolute Gasteiger partial charge is 0.439 e. The number of nitro groups is 1. The van der Waals surface area contributed by atoms with Crippen LogP contribution in [0.5, 0.6) is 0 Å². The minimum Gasteiger partial charge on any atom is -0.439 e. The van der Waals surface area contributed by atoms with Crippen molar-refractivity contribution in [1.29, 1.82) is 0 Å². The molecule has 0 radical (unpaired) electrons. The van der Waals surface area contributed by atoms with E-state index in [-0.39, 0.29) is 28.1 Å². The molecule has 0 bridgehead atoms. The molecule has 5 rings (SSSR count). The Labute approximate surface area is 187 Å². The van der Waals surface area contributed by atoms with Crippen molar-refractivity contribution >= 4 is 39.2 Å². The maximum Gasteiger partial charge on any atom is 0.269 e. The van der Waals surface area contributed by atoms with Gasteiger partial charge in [0.25, 0.3) is 11.6 Å². The minimum atomic E-state index is -0.551. The van der Waals surface area contributed by atoms with Crippen molar-refractivity contribution in [2.45, 2.75) is 0 Å². The molecule has 0 spiro atoms. The van der Waals surface area contributed by atoms with Crippen LogP contribution in [0.3, 0.4) is 0 Å². The van der Waals surface area contributed by atoms with Crippen LogP contribution in [0.4, 0.5) is 11.6 Å². The van der Waals surface area contributed by atoms with Gasteiger partial charge in [-0.1, -0.05) is 54.6 Å². The summed E-state index contributed by atoms with van der Waals surface area (Å²) in [5, 5.41) is 15.8. The van der Waals surface area contributed by atoms with E-state index in [1.54, 1.807) is 24.3 Å². The van der Waals surface area contributed by atoms with Gasteiger partial charge in [-0.3, -0.25) is 25.0 Å². The van der Waals surface area contributed by atoms with E-state index in [1.165, 1.54) is 24.3 Å². The van der Waals surface area contributed by atoms with E-state index in [2.05, 4.69) is 5.32 Å². The molecule has 0 unspecified atom stereocenters. The number of amides is 1. The monoisotopic (exact) mass is 436 g/mol. The fraction of sp³-hybridized carbons (Fsp3) is 0. The number of hydrogen-bond donors (Lipinski definition) is 1. The summed E-state index contributed by atoms with van der Waals surface area (Å²) in [7, 11) is 0. The Bertz CT molecular complexity index is 1600. The minimum absolute atomic E-state index is 0.0124. The summed E-state index contributed by atoms with van der Waals surface area (Å²) in [6, 6.07) is 25.3. The fourth-order valence-electron chi connectivity index (χ4n) is 3.83. The van der Waals surface area contributed by atoms with Gasteiger partial charge in [0.05, 0.1) is 15.9 Å². The summed E-state index contributed by atoms with van der Waals surface area (Å²) in [5.41, 5.74) is 1.01. The molecule has 5 aromatic rings. The van der Waals surface area contributed by atoms with Crippen LogP contribution in [0.2, 0.25) is 0 Å². The van der Waals surface area contributed by atoms with Crippen molar-refractivity contribution in [2.75, 3.05) is 5.32 Å². The lowest BCUT2D eigenvalue weighted by atomic mass is 9.97. The zero-order valence-electron chi connectivity index (χ0n) is 17.1. The third-order valence-corrected chi connectivity index (χ3v) is 5.42. The number of anilines is 1. The van der Waals surface area contributed by atoms with Gasteiger partial charge in [0.1, 0.15) is 5.58 Å². The van der Waals surface area contributed by atoms with Crippen molar-refractivity contribution in [3.63, 3.8) is 0 Å². The number of nitrogens with zero attached hydrogens (tertiary/aromatic N) is 1. The summed E-state index contributed by atoms with van der Waals surface area (Å²) in [6.07, 6.45) is 0. The van der Waals surface area contributed by atoms with Crippen LogP contribution in [0.1, 0.15) is 10.4 Å². The van der Waals surface area contributed by atoms with Crippen LogP contribution in [0.15, 0.2) is 100 Å². The van der Waals surface area contributed by atoms with Gasteiger partial charge in [0.2, 0.25) is 11.3 Å². The molecule has 7 nitrogen and oxygen atoms in total. The number of nitrogens with one attached hydrogen (secondary N) is 1. The quantitative estimate of drug-likeness (QED) is 0.284. The second-order valence-electron chi connectivity index (χ2n) is 7.42.